The van der Waals surface area contributed by atoms with Gasteiger partial charge in [0.05, 0.1) is 6.20 Å². The van der Waals surface area contributed by atoms with Gasteiger partial charge in [0.25, 0.3) is 0 Å². The smallest absolute Gasteiger partial charge is 0.352 e. The van der Waals surface area contributed by atoms with Crippen LogP contribution >= 0.6 is 0 Å². The molecule has 0 radical (unpaired) electrons. The van der Waals surface area contributed by atoms with Crippen LogP contribution in [0.15, 0.2) is 35.6 Å². The molecule has 0 aliphatic carbocycles. The van der Waals surface area contributed by atoms with Crippen LogP contribution in [0, 0.1) is 5.92 Å². The normalized spacial score (nSPS) is 13.1. The number of carboxylic acids is 1. The van der Waals surface area contributed by atoms with Crippen LogP contribution in [0.4, 0.5) is 5.82 Å². The van der Waals surface area contributed by atoms with Crippen LogP contribution in [0.2, 0.25) is 0 Å². The number of hydrogen-bond acceptors (Lipinski definition) is 5. The molecule has 1 aromatic carbocycles. The van der Waals surface area contributed by atoms with E-state index >= 15 is 0 Å². The van der Waals surface area contributed by atoms with Gasteiger partial charge in [0.1, 0.15) is 5.71 Å². The van der Waals surface area contributed by atoms with E-state index in [-0.39, 0.29) is 11.6 Å². The van der Waals surface area contributed by atoms with Crippen LogP contribution in [0.25, 0.3) is 10.8 Å². The number of hydrazone groups is 1. The lowest BCUT2D eigenvalue weighted by Crippen LogP contribution is -2.18. The monoisotopic (exact) mass is 286 g/mol. The molecule has 0 amide bonds. The number of anilines is 1. The highest BCUT2D eigenvalue weighted by molar-refractivity contribution is 6.35. The average Bonchev–Trinajstić information content (AvgIpc) is 2.50. The molecule has 0 spiro atoms. The van der Waals surface area contributed by atoms with E-state index in [0.29, 0.717) is 12.2 Å². The van der Waals surface area contributed by atoms with E-state index in [2.05, 4.69) is 20.7 Å². The number of carbonyl (C=O) groups is 1. The van der Waals surface area contributed by atoms with Crippen molar-refractivity contribution in [1.29, 1.82) is 0 Å². The van der Waals surface area contributed by atoms with Crippen molar-refractivity contribution >= 4 is 28.3 Å². The van der Waals surface area contributed by atoms with E-state index in [1.54, 1.807) is 6.20 Å². The first kappa shape index (κ1) is 14.9. The van der Waals surface area contributed by atoms with Gasteiger partial charge < -0.3 is 5.11 Å². The SMILES string of the molecule is CCC(C)C/C(=N\Nc1nncc2ccccc12)C(=O)O. The molecule has 1 heterocycles. The van der Waals surface area contributed by atoms with Crippen molar-refractivity contribution < 1.29 is 9.90 Å². The van der Waals surface area contributed by atoms with Crippen molar-refractivity contribution in [3.8, 4) is 0 Å². The standard InChI is InChI=1S/C15H18N4O2/c1-3-10(2)8-13(15(20)21)17-19-14-12-7-5-4-6-11(12)9-16-18-14/h4-7,9-10H,3,8H2,1-2H3,(H,18,19)(H,20,21)/b17-13+. The second kappa shape index (κ2) is 6.78. The van der Waals surface area contributed by atoms with Crippen molar-refractivity contribution in [2.24, 2.45) is 11.0 Å². The van der Waals surface area contributed by atoms with E-state index in [4.69, 9.17) is 0 Å². The highest BCUT2D eigenvalue weighted by atomic mass is 16.4. The Bertz CT molecular complexity index is 664. The van der Waals surface area contributed by atoms with Crippen molar-refractivity contribution in [2.75, 3.05) is 5.43 Å². The van der Waals surface area contributed by atoms with Crippen LogP contribution in [-0.2, 0) is 4.79 Å². The van der Waals surface area contributed by atoms with Crippen LogP contribution < -0.4 is 5.43 Å². The van der Waals surface area contributed by atoms with Crippen molar-refractivity contribution in [3.05, 3.63) is 30.5 Å². The molecular formula is C15H18N4O2. The van der Waals surface area contributed by atoms with Gasteiger partial charge >= 0.3 is 5.97 Å². The number of aliphatic carboxylic acids is 1. The van der Waals surface area contributed by atoms with Gasteiger partial charge in [0.15, 0.2) is 5.82 Å². The molecule has 0 aliphatic heterocycles. The highest BCUT2D eigenvalue weighted by Gasteiger charge is 2.13. The Hall–Kier alpha value is -2.50. The van der Waals surface area contributed by atoms with Crippen LogP contribution in [0.3, 0.4) is 0 Å². The van der Waals surface area contributed by atoms with Crippen molar-refractivity contribution in [3.63, 3.8) is 0 Å². The fourth-order valence-corrected chi connectivity index (χ4v) is 1.89. The number of benzene rings is 1. The summed E-state index contributed by atoms with van der Waals surface area (Å²) in [6.07, 6.45) is 2.97. The summed E-state index contributed by atoms with van der Waals surface area (Å²) in [5, 5.41) is 22.8. The maximum Gasteiger partial charge on any atom is 0.352 e. The number of hydrogen-bond donors (Lipinski definition) is 2. The van der Waals surface area contributed by atoms with E-state index in [0.717, 1.165) is 17.2 Å². The third kappa shape index (κ3) is 3.75. The quantitative estimate of drug-likeness (QED) is 0.629. The van der Waals surface area contributed by atoms with Crippen LogP contribution in [0.5, 0.6) is 0 Å². The predicted molar refractivity (Wildman–Crippen MR) is 82.3 cm³/mol. The topological polar surface area (TPSA) is 87.5 Å². The average molecular weight is 286 g/mol. The molecule has 1 atom stereocenters. The predicted octanol–water partition coefficient (Wildman–Crippen LogP) is 2.92. The number of fused-ring (bicyclic) bond motifs is 1. The van der Waals surface area contributed by atoms with Gasteiger partial charge in [-0.15, -0.1) is 5.10 Å². The summed E-state index contributed by atoms with van der Waals surface area (Å²) in [5.74, 6) is -0.299. The summed E-state index contributed by atoms with van der Waals surface area (Å²) >= 11 is 0. The molecule has 110 valence electrons. The van der Waals surface area contributed by atoms with Gasteiger partial charge in [-0.05, 0) is 5.92 Å². The third-order valence-corrected chi connectivity index (χ3v) is 3.35. The van der Waals surface area contributed by atoms with Gasteiger partial charge in [-0.25, -0.2) is 4.79 Å². The van der Waals surface area contributed by atoms with Gasteiger partial charge in [-0.2, -0.15) is 10.2 Å². The third-order valence-electron chi connectivity index (χ3n) is 3.35. The first-order valence-electron chi connectivity index (χ1n) is 6.88. The number of aromatic nitrogens is 2. The van der Waals surface area contributed by atoms with Crippen LogP contribution in [-0.4, -0.2) is 27.0 Å². The van der Waals surface area contributed by atoms with E-state index in [1.807, 2.05) is 38.1 Å². The Morgan fingerprint density at radius 1 is 1.43 bits per heavy atom. The molecule has 0 saturated heterocycles. The lowest BCUT2D eigenvalue weighted by Gasteiger charge is -2.09. The molecule has 6 nitrogen and oxygen atoms in total. The molecule has 6 heteroatoms. The van der Waals surface area contributed by atoms with E-state index in [1.165, 1.54) is 0 Å². The number of nitrogens with zero attached hydrogens (tertiary/aromatic N) is 3. The molecule has 1 aromatic heterocycles. The Labute approximate surface area is 122 Å². The second-order valence-corrected chi connectivity index (χ2v) is 4.97. The maximum absolute atomic E-state index is 11.2. The van der Waals surface area contributed by atoms with Crippen molar-refractivity contribution in [1.82, 2.24) is 10.2 Å². The van der Waals surface area contributed by atoms with Crippen molar-refractivity contribution in [2.45, 2.75) is 26.7 Å². The molecule has 2 N–H and O–H groups in total. The minimum Gasteiger partial charge on any atom is -0.477 e. The molecule has 1 unspecified atom stereocenters. The Morgan fingerprint density at radius 2 is 2.19 bits per heavy atom. The summed E-state index contributed by atoms with van der Waals surface area (Å²) in [6, 6.07) is 7.59. The Balaban J connectivity index is 2.25. The zero-order chi connectivity index (χ0) is 15.2. The van der Waals surface area contributed by atoms with Gasteiger partial charge in [0.2, 0.25) is 0 Å². The largest absolute Gasteiger partial charge is 0.477 e. The summed E-state index contributed by atoms with van der Waals surface area (Å²) in [4.78, 5) is 11.2. The second-order valence-electron chi connectivity index (χ2n) is 4.97. The van der Waals surface area contributed by atoms with E-state index in [9.17, 15) is 9.90 Å². The molecule has 0 bridgehead atoms. The molecule has 21 heavy (non-hydrogen) atoms. The summed E-state index contributed by atoms with van der Waals surface area (Å²) in [5.41, 5.74) is 2.83. The maximum atomic E-state index is 11.2. The highest BCUT2D eigenvalue weighted by Crippen LogP contribution is 2.19. The minimum atomic E-state index is -1.02. The molecule has 0 fully saturated rings. The first-order valence-corrected chi connectivity index (χ1v) is 6.88. The fourth-order valence-electron chi connectivity index (χ4n) is 1.89. The molecular weight excluding hydrogens is 268 g/mol. The zero-order valence-electron chi connectivity index (χ0n) is 12.1. The Morgan fingerprint density at radius 3 is 2.90 bits per heavy atom. The zero-order valence-corrected chi connectivity index (χ0v) is 12.1. The van der Waals surface area contributed by atoms with Gasteiger partial charge in [0, 0.05) is 17.2 Å². The number of rotatable bonds is 6. The number of carboxylic acid groups (broad SMARTS) is 1. The molecule has 2 aromatic rings. The van der Waals surface area contributed by atoms with Gasteiger partial charge in [-0.3, -0.25) is 5.43 Å². The minimum absolute atomic E-state index is 0.0964. The molecule has 2 rings (SSSR count). The first-order chi connectivity index (χ1) is 10.1. The van der Waals surface area contributed by atoms with Crippen LogP contribution in [0.1, 0.15) is 26.7 Å². The number of nitrogens with one attached hydrogen (secondary N) is 1. The fraction of sp³-hybridized carbons (Fsp3) is 0.333. The molecule has 0 saturated carbocycles. The summed E-state index contributed by atoms with van der Waals surface area (Å²) in [7, 11) is 0. The van der Waals surface area contributed by atoms with E-state index < -0.39 is 5.97 Å². The van der Waals surface area contributed by atoms with Gasteiger partial charge in [-0.1, -0.05) is 44.5 Å². The Kier molecular flexibility index (Phi) is 4.81. The summed E-state index contributed by atoms with van der Waals surface area (Å²) < 4.78 is 0. The lowest BCUT2D eigenvalue weighted by atomic mass is 10.0. The summed E-state index contributed by atoms with van der Waals surface area (Å²) in [6.45, 7) is 4.02. The molecule has 0 aliphatic rings. The lowest BCUT2D eigenvalue weighted by molar-refractivity contribution is -0.129.